The van der Waals surface area contributed by atoms with Gasteiger partial charge in [-0.2, -0.15) is 0 Å². The Balaban J connectivity index is 2.83. The first kappa shape index (κ1) is 15.7. The maximum absolute atomic E-state index is 12.1. The van der Waals surface area contributed by atoms with Crippen LogP contribution in [-0.2, 0) is 4.79 Å². The Kier molecular flexibility index (Phi) is 6.05. The third-order valence-corrected chi connectivity index (χ3v) is 3.25. The molecule has 0 spiro atoms. The predicted molar refractivity (Wildman–Crippen MR) is 81.8 cm³/mol. The topological polar surface area (TPSA) is 64.3 Å². The fourth-order valence-corrected chi connectivity index (χ4v) is 2.08. The number of carbonyl (C=O) groups is 1. The lowest BCUT2D eigenvalue weighted by Crippen LogP contribution is -2.33. The number of carbonyl (C=O) groups excluding carboxylic acids is 1. The van der Waals surface area contributed by atoms with Crippen LogP contribution < -0.4 is 15.8 Å². The molecule has 0 saturated carbocycles. The van der Waals surface area contributed by atoms with E-state index in [4.69, 9.17) is 34.3 Å². The number of rotatable bonds is 6. The summed E-state index contributed by atoms with van der Waals surface area (Å²) in [6.07, 6.45) is 1.46. The van der Waals surface area contributed by atoms with Crippen LogP contribution in [0.1, 0.15) is 19.8 Å². The Hall–Kier alpha value is -1.33. The SMILES string of the molecule is CCCC(C(=O)Nc1ccc(Cl)c(OC)c1)C(N)=S. The molecule has 0 aliphatic heterocycles. The van der Waals surface area contributed by atoms with Crippen molar-refractivity contribution in [1.29, 1.82) is 0 Å². The van der Waals surface area contributed by atoms with Crippen molar-refractivity contribution in [2.45, 2.75) is 19.8 Å². The van der Waals surface area contributed by atoms with Gasteiger partial charge < -0.3 is 15.8 Å². The molecule has 1 unspecified atom stereocenters. The molecule has 1 rings (SSSR count). The number of methoxy groups -OCH3 is 1. The number of nitrogens with two attached hydrogens (primary N) is 1. The number of hydrogen-bond acceptors (Lipinski definition) is 3. The normalized spacial score (nSPS) is 11.7. The third-order valence-electron chi connectivity index (χ3n) is 2.66. The molecule has 1 atom stereocenters. The molecule has 0 aromatic heterocycles. The molecule has 0 saturated heterocycles. The van der Waals surface area contributed by atoms with Crippen LogP contribution in [0.3, 0.4) is 0 Å². The summed E-state index contributed by atoms with van der Waals surface area (Å²) in [6, 6.07) is 5.01. The van der Waals surface area contributed by atoms with E-state index >= 15 is 0 Å². The summed E-state index contributed by atoms with van der Waals surface area (Å²) in [5.74, 6) is -0.165. The van der Waals surface area contributed by atoms with Gasteiger partial charge in [0.1, 0.15) is 5.75 Å². The van der Waals surface area contributed by atoms with Crippen molar-refractivity contribution in [1.82, 2.24) is 0 Å². The summed E-state index contributed by atoms with van der Waals surface area (Å²) in [6.45, 7) is 1.98. The molecular weight excluding hydrogens is 284 g/mol. The van der Waals surface area contributed by atoms with Gasteiger partial charge in [0.25, 0.3) is 0 Å². The fraction of sp³-hybridized carbons (Fsp3) is 0.385. The van der Waals surface area contributed by atoms with Crippen molar-refractivity contribution in [3.8, 4) is 5.75 Å². The first-order valence-electron chi connectivity index (χ1n) is 5.93. The Morgan fingerprint density at radius 2 is 2.26 bits per heavy atom. The van der Waals surface area contributed by atoms with Gasteiger partial charge in [0.2, 0.25) is 5.91 Å². The summed E-state index contributed by atoms with van der Waals surface area (Å²) < 4.78 is 5.09. The van der Waals surface area contributed by atoms with Gasteiger partial charge in [-0.05, 0) is 18.6 Å². The summed E-state index contributed by atoms with van der Waals surface area (Å²) in [4.78, 5) is 12.3. The average molecular weight is 301 g/mol. The zero-order valence-electron chi connectivity index (χ0n) is 10.9. The molecule has 19 heavy (non-hydrogen) atoms. The van der Waals surface area contributed by atoms with Gasteiger partial charge in [-0.1, -0.05) is 37.2 Å². The Bertz CT molecular complexity index is 480. The first-order valence-corrected chi connectivity index (χ1v) is 6.72. The standard InChI is InChI=1S/C13H17ClN2O2S/c1-3-4-9(12(15)19)13(17)16-8-5-6-10(14)11(7-8)18-2/h5-7,9H,3-4H2,1-2H3,(H2,15,19)(H,16,17). The molecule has 3 N–H and O–H groups in total. The van der Waals surface area contributed by atoms with E-state index in [9.17, 15) is 4.79 Å². The number of anilines is 1. The predicted octanol–water partition coefficient (Wildman–Crippen LogP) is 2.99. The lowest BCUT2D eigenvalue weighted by atomic mass is 10.0. The molecule has 0 heterocycles. The average Bonchev–Trinajstić information content (AvgIpc) is 2.37. The summed E-state index contributed by atoms with van der Waals surface area (Å²) >= 11 is 10.8. The molecule has 1 aromatic rings. The van der Waals surface area contributed by atoms with Crippen molar-refractivity contribution in [3.63, 3.8) is 0 Å². The highest BCUT2D eigenvalue weighted by atomic mass is 35.5. The van der Waals surface area contributed by atoms with Gasteiger partial charge in [0.05, 0.1) is 23.0 Å². The van der Waals surface area contributed by atoms with Gasteiger partial charge >= 0.3 is 0 Å². The van der Waals surface area contributed by atoms with E-state index in [0.717, 1.165) is 6.42 Å². The first-order chi connectivity index (χ1) is 8.99. The van der Waals surface area contributed by atoms with Crippen molar-refractivity contribution in [2.75, 3.05) is 12.4 Å². The maximum atomic E-state index is 12.1. The van der Waals surface area contributed by atoms with Gasteiger partial charge in [-0.15, -0.1) is 0 Å². The second-order valence-corrected chi connectivity index (χ2v) is 4.96. The monoisotopic (exact) mass is 300 g/mol. The third kappa shape index (κ3) is 4.36. The van der Waals surface area contributed by atoms with Crippen molar-refractivity contribution >= 4 is 40.4 Å². The van der Waals surface area contributed by atoms with Crippen LogP contribution in [-0.4, -0.2) is 18.0 Å². The maximum Gasteiger partial charge on any atom is 0.234 e. The van der Waals surface area contributed by atoms with E-state index in [0.29, 0.717) is 22.9 Å². The summed E-state index contributed by atoms with van der Waals surface area (Å²) in [7, 11) is 1.52. The van der Waals surface area contributed by atoms with Crippen LogP contribution in [0.5, 0.6) is 5.75 Å². The molecule has 1 aromatic carbocycles. The fourth-order valence-electron chi connectivity index (χ4n) is 1.66. The molecule has 0 aliphatic rings. The van der Waals surface area contributed by atoms with Crippen LogP contribution in [0, 0.1) is 5.92 Å². The molecule has 0 bridgehead atoms. The van der Waals surface area contributed by atoms with Crippen LogP contribution in [0.25, 0.3) is 0 Å². The minimum absolute atomic E-state index is 0.209. The van der Waals surface area contributed by atoms with Crippen LogP contribution in [0.15, 0.2) is 18.2 Å². The van der Waals surface area contributed by atoms with Crippen molar-refractivity contribution < 1.29 is 9.53 Å². The van der Waals surface area contributed by atoms with Gasteiger partial charge in [0, 0.05) is 11.8 Å². The van der Waals surface area contributed by atoms with E-state index in [1.807, 2.05) is 6.92 Å². The van der Waals surface area contributed by atoms with Gasteiger partial charge in [-0.25, -0.2) is 0 Å². The van der Waals surface area contributed by atoms with Crippen LogP contribution in [0.4, 0.5) is 5.69 Å². The van der Waals surface area contributed by atoms with Crippen molar-refractivity contribution in [2.24, 2.45) is 11.7 Å². The zero-order valence-corrected chi connectivity index (χ0v) is 12.5. The van der Waals surface area contributed by atoms with Gasteiger partial charge in [-0.3, -0.25) is 4.79 Å². The van der Waals surface area contributed by atoms with E-state index < -0.39 is 5.92 Å². The molecule has 104 valence electrons. The lowest BCUT2D eigenvalue weighted by Gasteiger charge is -2.15. The van der Waals surface area contributed by atoms with E-state index in [2.05, 4.69) is 5.32 Å². The minimum Gasteiger partial charge on any atom is -0.495 e. The number of amides is 1. The number of ether oxygens (including phenoxy) is 1. The quantitative estimate of drug-likeness (QED) is 0.793. The van der Waals surface area contributed by atoms with E-state index in [-0.39, 0.29) is 10.9 Å². The van der Waals surface area contributed by atoms with Gasteiger partial charge in [0.15, 0.2) is 0 Å². The van der Waals surface area contributed by atoms with Crippen molar-refractivity contribution in [3.05, 3.63) is 23.2 Å². The Labute approximate surface area is 123 Å². The number of nitrogens with one attached hydrogen (secondary N) is 1. The molecule has 6 heteroatoms. The van der Waals surface area contributed by atoms with Crippen LogP contribution in [0.2, 0.25) is 5.02 Å². The summed E-state index contributed by atoms with van der Waals surface area (Å²) in [5, 5.41) is 3.25. The van der Waals surface area contributed by atoms with E-state index in [1.54, 1.807) is 18.2 Å². The summed E-state index contributed by atoms with van der Waals surface area (Å²) in [5.41, 5.74) is 6.18. The molecular formula is C13H17ClN2O2S. The van der Waals surface area contributed by atoms with E-state index in [1.165, 1.54) is 7.11 Å². The highest BCUT2D eigenvalue weighted by Gasteiger charge is 2.20. The zero-order chi connectivity index (χ0) is 14.4. The smallest absolute Gasteiger partial charge is 0.234 e. The number of hydrogen-bond donors (Lipinski definition) is 2. The number of benzene rings is 1. The highest BCUT2D eigenvalue weighted by molar-refractivity contribution is 7.80. The molecule has 0 aliphatic carbocycles. The Morgan fingerprint density at radius 3 is 2.79 bits per heavy atom. The number of halogens is 1. The number of thiocarbonyl (C=S) groups is 1. The molecule has 4 nitrogen and oxygen atoms in total. The molecule has 0 radical (unpaired) electrons. The molecule has 0 fully saturated rings. The van der Waals surface area contributed by atoms with Crippen LogP contribution >= 0.6 is 23.8 Å². The lowest BCUT2D eigenvalue weighted by molar-refractivity contribution is -0.118. The minimum atomic E-state index is -0.457. The largest absolute Gasteiger partial charge is 0.495 e. The second kappa shape index (κ2) is 7.31. The molecule has 1 amide bonds. The second-order valence-electron chi connectivity index (χ2n) is 4.08. The highest BCUT2D eigenvalue weighted by Crippen LogP contribution is 2.27. The Morgan fingerprint density at radius 1 is 1.58 bits per heavy atom.